The van der Waals surface area contributed by atoms with E-state index in [2.05, 4.69) is 94.0 Å². The van der Waals surface area contributed by atoms with Crippen molar-refractivity contribution in [3.8, 4) is 0 Å². The Labute approximate surface area is 246 Å². The highest BCUT2D eigenvalue weighted by Gasteiger charge is 2.20. The van der Waals surface area contributed by atoms with Gasteiger partial charge in [-0.2, -0.15) is 16.9 Å². The van der Waals surface area contributed by atoms with Gasteiger partial charge in [0, 0.05) is 47.6 Å². The first-order valence-electron chi connectivity index (χ1n) is 14.1. The normalized spacial score (nSPS) is 17.7. The Morgan fingerprint density at radius 3 is 2.64 bits per heavy atom. The zero-order valence-electron chi connectivity index (χ0n) is 24.9. The van der Waals surface area contributed by atoms with Gasteiger partial charge in [-0.15, -0.1) is 17.9 Å². The smallest absolute Gasteiger partial charge is 0.0906 e. The molecule has 0 amide bonds. The van der Waals surface area contributed by atoms with E-state index < -0.39 is 0 Å². The summed E-state index contributed by atoms with van der Waals surface area (Å²) in [7, 11) is 2.02. The highest BCUT2D eigenvalue weighted by molar-refractivity contribution is 7.99. The van der Waals surface area contributed by atoms with Crippen LogP contribution in [0.5, 0.6) is 0 Å². The van der Waals surface area contributed by atoms with Crippen LogP contribution in [-0.2, 0) is 9.47 Å². The van der Waals surface area contributed by atoms with Gasteiger partial charge in [0.1, 0.15) is 0 Å². The number of hydrazone groups is 1. The van der Waals surface area contributed by atoms with Crippen LogP contribution in [0.15, 0.2) is 71.5 Å². The molecule has 0 N–H and O–H groups in total. The van der Waals surface area contributed by atoms with Crippen LogP contribution in [0.1, 0.15) is 56.2 Å². The molecule has 0 radical (unpaired) electrons. The highest BCUT2D eigenvalue weighted by atomic mass is 32.2. The van der Waals surface area contributed by atoms with Crippen LogP contribution in [0.3, 0.4) is 0 Å². The Morgan fingerprint density at radius 1 is 1.26 bits per heavy atom. The minimum atomic E-state index is 0.425. The zero-order chi connectivity index (χ0) is 28.5. The summed E-state index contributed by atoms with van der Waals surface area (Å²) in [6.45, 7) is 18.0. The molecule has 216 valence electrons. The van der Waals surface area contributed by atoms with Crippen LogP contribution in [0.2, 0.25) is 0 Å². The lowest BCUT2D eigenvalue weighted by atomic mass is 9.98. The number of hydrogen-bond donors (Lipinski definition) is 0. The largest absolute Gasteiger partial charge is 0.379 e. The fourth-order valence-electron chi connectivity index (χ4n) is 4.66. The number of nitrogens with zero attached hydrogens (tertiary/aromatic N) is 3. The van der Waals surface area contributed by atoms with Gasteiger partial charge >= 0.3 is 0 Å². The van der Waals surface area contributed by atoms with E-state index in [1.807, 2.05) is 41.2 Å². The lowest BCUT2D eigenvalue weighted by Crippen LogP contribution is -2.38. The number of thioether (sulfide) groups is 1. The molecule has 1 aromatic heterocycles. The first kappa shape index (κ1) is 33.3. The molecule has 2 unspecified atom stereocenters. The fourth-order valence-corrected chi connectivity index (χ4v) is 6.72. The molecule has 1 aliphatic rings. The van der Waals surface area contributed by atoms with Gasteiger partial charge in [-0.05, 0) is 69.7 Å². The standard InChI is InChI=1S/C32H49N3O2S2/c1-8-13-29(31(38-7)14-9-2)32-18-17-28(39-32)16-15-27(25-37-24-21-35-19-22-36-23-20-35)33-34(6)30(12-5)26(10-3)11-4/h8-10,12,14-18,29,31H,1,11,13,19-25H2,2-7H3/b14-9-,16-15+,26-10-,30-12+,33-27+. The van der Waals surface area contributed by atoms with Crippen LogP contribution in [0.4, 0.5) is 0 Å². The third-order valence-corrected chi connectivity index (χ3v) is 9.00. The average molecular weight is 572 g/mol. The van der Waals surface area contributed by atoms with E-state index in [1.54, 1.807) is 0 Å². The summed E-state index contributed by atoms with van der Waals surface area (Å²) < 4.78 is 11.6. The molecule has 0 saturated carbocycles. The summed E-state index contributed by atoms with van der Waals surface area (Å²) in [6.07, 6.45) is 19.2. The minimum Gasteiger partial charge on any atom is -0.379 e. The second-order valence-corrected chi connectivity index (χ2v) is 11.6. The van der Waals surface area contributed by atoms with Crippen molar-refractivity contribution in [2.24, 2.45) is 5.10 Å². The maximum absolute atomic E-state index is 6.12. The van der Waals surface area contributed by atoms with E-state index in [0.29, 0.717) is 24.4 Å². The number of likely N-dealkylation sites (N-methyl/N-ethyl adjacent to an activating group) is 1. The Kier molecular flexibility index (Phi) is 16.4. The molecule has 39 heavy (non-hydrogen) atoms. The van der Waals surface area contributed by atoms with Crippen molar-refractivity contribution in [3.05, 3.63) is 76.2 Å². The molecule has 1 saturated heterocycles. The Hall–Kier alpha value is -1.90. The molecule has 2 heterocycles. The predicted octanol–water partition coefficient (Wildman–Crippen LogP) is 7.63. The quantitative estimate of drug-likeness (QED) is 0.0632. The molecule has 0 bridgehead atoms. The lowest BCUT2D eigenvalue weighted by Gasteiger charge is -2.26. The molecular formula is C32H49N3O2S2. The van der Waals surface area contributed by atoms with Crippen LogP contribution >= 0.6 is 23.1 Å². The Bertz CT molecular complexity index is 1000. The molecular weight excluding hydrogens is 523 g/mol. The van der Waals surface area contributed by atoms with Gasteiger partial charge in [-0.25, -0.2) is 0 Å². The summed E-state index contributed by atoms with van der Waals surface area (Å²) in [5.41, 5.74) is 3.30. The lowest BCUT2D eigenvalue weighted by molar-refractivity contribution is 0.0242. The molecule has 1 fully saturated rings. The summed E-state index contributed by atoms with van der Waals surface area (Å²) in [5.74, 6) is 0.425. The maximum atomic E-state index is 6.12. The monoisotopic (exact) mass is 571 g/mol. The van der Waals surface area contributed by atoms with Crippen molar-refractivity contribution in [1.29, 1.82) is 0 Å². The van der Waals surface area contributed by atoms with Crippen LogP contribution in [0, 0.1) is 0 Å². The third kappa shape index (κ3) is 11.2. The van der Waals surface area contributed by atoms with Gasteiger partial charge in [-0.3, -0.25) is 9.91 Å². The first-order chi connectivity index (χ1) is 19.0. The van der Waals surface area contributed by atoms with Gasteiger partial charge < -0.3 is 9.47 Å². The maximum Gasteiger partial charge on any atom is 0.0906 e. The summed E-state index contributed by atoms with van der Waals surface area (Å²) >= 11 is 3.75. The summed E-state index contributed by atoms with van der Waals surface area (Å²) in [6, 6.07) is 4.48. The van der Waals surface area contributed by atoms with E-state index in [4.69, 9.17) is 14.6 Å². The third-order valence-electron chi connectivity index (χ3n) is 6.79. The van der Waals surface area contributed by atoms with Crippen LogP contribution in [-0.4, -0.2) is 80.2 Å². The predicted molar refractivity (Wildman–Crippen MR) is 174 cm³/mol. The van der Waals surface area contributed by atoms with Gasteiger partial charge in [0.05, 0.1) is 37.8 Å². The van der Waals surface area contributed by atoms with E-state index in [1.165, 1.54) is 15.3 Å². The van der Waals surface area contributed by atoms with Crippen LogP contribution in [0.25, 0.3) is 6.08 Å². The van der Waals surface area contributed by atoms with Crippen LogP contribution < -0.4 is 0 Å². The first-order valence-corrected chi connectivity index (χ1v) is 16.2. The Balaban J connectivity index is 2.21. The van der Waals surface area contributed by atoms with Crippen molar-refractivity contribution in [3.63, 3.8) is 0 Å². The molecule has 2 rings (SSSR count). The molecule has 7 heteroatoms. The zero-order valence-corrected chi connectivity index (χ0v) is 26.5. The molecule has 0 spiro atoms. The van der Waals surface area contributed by atoms with E-state index in [-0.39, 0.29) is 0 Å². The van der Waals surface area contributed by atoms with Crippen molar-refractivity contribution in [2.45, 2.75) is 51.7 Å². The summed E-state index contributed by atoms with van der Waals surface area (Å²) in [5, 5.41) is 7.39. The molecule has 0 aromatic carbocycles. The molecule has 2 atom stereocenters. The van der Waals surface area contributed by atoms with E-state index in [9.17, 15) is 0 Å². The topological polar surface area (TPSA) is 37.3 Å². The minimum absolute atomic E-state index is 0.425. The van der Waals surface area contributed by atoms with Gasteiger partial charge in [0.15, 0.2) is 0 Å². The highest BCUT2D eigenvalue weighted by Crippen LogP contribution is 2.36. The van der Waals surface area contributed by atoms with E-state index in [0.717, 1.165) is 57.1 Å². The van der Waals surface area contributed by atoms with Gasteiger partial charge in [0.2, 0.25) is 0 Å². The molecule has 5 nitrogen and oxygen atoms in total. The SMILES string of the molecule is C=CCC(c1ccc(/C=C/C(COCCN2CCOCC2)=N\N(C)C(=C/C)/C(=C\C)CC)s1)C(/C=C\C)SC. The molecule has 1 aliphatic heterocycles. The van der Waals surface area contributed by atoms with Crippen molar-refractivity contribution in [1.82, 2.24) is 9.91 Å². The number of hydrogen-bond acceptors (Lipinski definition) is 7. The van der Waals surface area contributed by atoms with Crippen molar-refractivity contribution < 1.29 is 9.47 Å². The number of morpholine rings is 1. The van der Waals surface area contributed by atoms with E-state index >= 15 is 0 Å². The number of ether oxygens (including phenoxy) is 2. The Morgan fingerprint density at radius 2 is 2.03 bits per heavy atom. The van der Waals surface area contributed by atoms with Crippen molar-refractivity contribution >= 4 is 34.9 Å². The second kappa shape index (κ2) is 19.2. The van der Waals surface area contributed by atoms with Gasteiger partial charge in [-0.1, -0.05) is 37.3 Å². The number of allylic oxidation sites excluding steroid dienone is 5. The molecule has 0 aliphatic carbocycles. The number of thiophene rings is 1. The average Bonchev–Trinajstić information content (AvgIpc) is 3.43. The van der Waals surface area contributed by atoms with Gasteiger partial charge in [0.25, 0.3) is 0 Å². The fraction of sp³-hybridized carbons (Fsp3) is 0.531. The summed E-state index contributed by atoms with van der Waals surface area (Å²) in [4.78, 5) is 5.00. The number of rotatable bonds is 17. The molecule has 1 aromatic rings. The van der Waals surface area contributed by atoms with Crippen molar-refractivity contribution in [2.75, 3.05) is 59.4 Å². The second-order valence-electron chi connectivity index (χ2n) is 9.39.